The molecule has 2 aromatic rings. The number of anilines is 1. The predicted octanol–water partition coefficient (Wildman–Crippen LogP) is 3.23. The van der Waals surface area contributed by atoms with Gasteiger partial charge in [-0.15, -0.1) is 0 Å². The molecule has 8 nitrogen and oxygen atoms in total. The van der Waals surface area contributed by atoms with E-state index in [4.69, 9.17) is 4.74 Å². The Hall–Kier alpha value is -3.03. The lowest BCUT2D eigenvalue weighted by Gasteiger charge is -2.07. The molecular weight excluding hydrogens is 362 g/mol. The Labute approximate surface area is 164 Å². The molecule has 3 N–H and O–H groups in total. The number of aromatic hydroxyl groups is 2. The molecule has 1 aromatic carbocycles. The normalized spacial score (nSPS) is 10.6. The fourth-order valence-corrected chi connectivity index (χ4v) is 2.75. The van der Waals surface area contributed by atoms with E-state index >= 15 is 0 Å². The van der Waals surface area contributed by atoms with Gasteiger partial charge in [0.1, 0.15) is 12.2 Å². The number of hydrogen-bond donors (Lipinski definition) is 3. The number of rotatable bonds is 10. The van der Waals surface area contributed by atoms with Gasteiger partial charge in [-0.25, -0.2) is 4.98 Å². The summed E-state index contributed by atoms with van der Waals surface area (Å²) in [4.78, 5) is 28.6. The van der Waals surface area contributed by atoms with Gasteiger partial charge in [-0.2, -0.15) is 0 Å². The zero-order valence-electron chi connectivity index (χ0n) is 16.3. The Morgan fingerprint density at radius 2 is 1.93 bits per heavy atom. The second-order valence-corrected chi connectivity index (χ2v) is 6.44. The summed E-state index contributed by atoms with van der Waals surface area (Å²) >= 11 is 0. The van der Waals surface area contributed by atoms with Crippen molar-refractivity contribution in [1.82, 2.24) is 9.55 Å². The Morgan fingerprint density at radius 3 is 2.61 bits per heavy atom. The van der Waals surface area contributed by atoms with Gasteiger partial charge in [-0.05, 0) is 31.5 Å². The second-order valence-electron chi connectivity index (χ2n) is 6.44. The standard InChI is InChI=1S/C20H27N3O5/c1-3-5-6-7-10-23-13-17(21-18(23)12-19(26)28-4-2)22-20(27)14-8-9-15(24)16(25)11-14/h8-9,11,13,24-25H,3-7,10,12H2,1-2H3,(H,22,27). The minimum atomic E-state index is -0.478. The lowest BCUT2D eigenvalue weighted by Crippen LogP contribution is -2.13. The van der Waals surface area contributed by atoms with Crippen molar-refractivity contribution >= 4 is 17.7 Å². The average molecular weight is 389 g/mol. The molecule has 8 heteroatoms. The third kappa shape index (κ3) is 6.00. The number of carbonyl (C=O) groups is 2. The number of benzene rings is 1. The van der Waals surface area contributed by atoms with Crippen molar-refractivity contribution in [3.05, 3.63) is 35.8 Å². The first kappa shape index (κ1) is 21.3. The highest BCUT2D eigenvalue weighted by atomic mass is 16.5. The van der Waals surface area contributed by atoms with Crippen LogP contribution >= 0.6 is 0 Å². The van der Waals surface area contributed by atoms with E-state index in [1.165, 1.54) is 18.2 Å². The van der Waals surface area contributed by atoms with Crippen molar-refractivity contribution in [2.45, 2.75) is 52.5 Å². The Kier molecular flexibility index (Phi) is 7.86. The van der Waals surface area contributed by atoms with E-state index in [0.717, 1.165) is 25.7 Å². The molecule has 0 aliphatic rings. The lowest BCUT2D eigenvalue weighted by molar-refractivity contribution is -0.142. The van der Waals surface area contributed by atoms with Crippen molar-refractivity contribution < 1.29 is 24.5 Å². The zero-order chi connectivity index (χ0) is 20.5. The van der Waals surface area contributed by atoms with Crippen molar-refractivity contribution in [2.24, 2.45) is 0 Å². The number of aromatic nitrogens is 2. The van der Waals surface area contributed by atoms with Crippen LogP contribution in [0.15, 0.2) is 24.4 Å². The Bertz CT molecular complexity index is 816. The van der Waals surface area contributed by atoms with Gasteiger partial charge in [0, 0.05) is 18.3 Å². The smallest absolute Gasteiger partial charge is 0.313 e. The molecule has 1 amide bonds. The molecule has 0 aliphatic heterocycles. The first-order chi connectivity index (χ1) is 13.4. The van der Waals surface area contributed by atoms with Gasteiger partial charge in [0.2, 0.25) is 0 Å². The summed E-state index contributed by atoms with van der Waals surface area (Å²) in [5, 5.41) is 21.6. The molecule has 0 saturated heterocycles. The third-order valence-corrected chi connectivity index (χ3v) is 4.20. The largest absolute Gasteiger partial charge is 0.504 e. The average Bonchev–Trinajstić information content (AvgIpc) is 3.02. The fourth-order valence-electron chi connectivity index (χ4n) is 2.75. The summed E-state index contributed by atoms with van der Waals surface area (Å²) in [5.74, 6) is -0.689. The maximum absolute atomic E-state index is 12.4. The maximum Gasteiger partial charge on any atom is 0.313 e. The van der Waals surface area contributed by atoms with Crippen LogP contribution in [0.3, 0.4) is 0 Å². The first-order valence-electron chi connectivity index (χ1n) is 9.49. The SMILES string of the molecule is CCCCCCn1cc(NC(=O)c2ccc(O)c(O)c2)nc1CC(=O)OCC. The molecular formula is C20H27N3O5. The minimum absolute atomic E-state index is 0.0253. The fraction of sp³-hybridized carbons (Fsp3) is 0.450. The van der Waals surface area contributed by atoms with Gasteiger partial charge in [-0.3, -0.25) is 9.59 Å². The van der Waals surface area contributed by atoms with Crippen LogP contribution in [-0.2, 0) is 22.5 Å². The van der Waals surface area contributed by atoms with Crippen LogP contribution in [0.2, 0.25) is 0 Å². The zero-order valence-corrected chi connectivity index (χ0v) is 16.3. The summed E-state index contributed by atoms with van der Waals surface area (Å²) in [7, 11) is 0. The number of hydrogen-bond acceptors (Lipinski definition) is 6. The molecule has 1 heterocycles. The van der Waals surface area contributed by atoms with Gasteiger partial charge < -0.3 is 24.8 Å². The second kappa shape index (κ2) is 10.3. The number of amides is 1. The summed E-state index contributed by atoms with van der Waals surface area (Å²) < 4.78 is 6.85. The molecule has 0 spiro atoms. The molecule has 0 fully saturated rings. The van der Waals surface area contributed by atoms with Crippen LogP contribution in [0, 0.1) is 0 Å². The molecule has 0 saturated carbocycles. The van der Waals surface area contributed by atoms with Crippen LogP contribution in [0.1, 0.15) is 55.7 Å². The monoisotopic (exact) mass is 389 g/mol. The van der Waals surface area contributed by atoms with E-state index in [0.29, 0.717) is 24.8 Å². The molecule has 1 aromatic heterocycles. The predicted molar refractivity (Wildman–Crippen MR) is 104 cm³/mol. The van der Waals surface area contributed by atoms with Crippen molar-refractivity contribution in [2.75, 3.05) is 11.9 Å². The van der Waals surface area contributed by atoms with Gasteiger partial charge in [0.15, 0.2) is 17.3 Å². The van der Waals surface area contributed by atoms with Crippen LogP contribution in [0.4, 0.5) is 5.82 Å². The molecule has 0 radical (unpaired) electrons. The molecule has 0 unspecified atom stereocenters. The summed E-state index contributed by atoms with van der Waals surface area (Å²) in [6, 6.07) is 3.81. The number of phenolic OH excluding ortho intramolecular Hbond substituents is 2. The van der Waals surface area contributed by atoms with Crippen molar-refractivity contribution in [1.29, 1.82) is 0 Å². The van der Waals surface area contributed by atoms with Gasteiger partial charge in [-0.1, -0.05) is 26.2 Å². The highest BCUT2D eigenvalue weighted by molar-refractivity contribution is 6.04. The Balaban J connectivity index is 2.13. The highest BCUT2D eigenvalue weighted by Gasteiger charge is 2.16. The van der Waals surface area contributed by atoms with E-state index in [9.17, 15) is 19.8 Å². The number of carbonyl (C=O) groups excluding carboxylic acids is 2. The number of unbranched alkanes of at least 4 members (excludes halogenated alkanes) is 3. The highest BCUT2D eigenvalue weighted by Crippen LogP contribution is 2.25. The van der Waals surface area contributed by atoms with Gasteiger partial charge >= 0.3 is 5.97 Å². The van der Waals surface area contributed by atoms with Crippen LogP contribution in [0.5, 0.6) is 11.5 Å². The minimum Gasteiger partial charge on any atom is -0.504 e. The lowest BCUT2D eigenvalue weighted by atomic mass is 10.2. The number of imidazole rings is 1. The number of nitrogens with zero attached hydrogens (tertiary/aromatic N) is 2. The van der Waals surface area contributed by atoms with Gasteiger partial charge in [0.05, 0.1) is 6.61 Å². The van der Waals surface area contributed by atoms with E-state index in [1.807, 2.05) is 4.57 Å². The molecule has 152 valence electrons. The molecule has 0 atom stereocenters. The molecule has 2 rings (SSSR count). The van der Waals surface area contributed by atoms with Crippen LogP contribution < -0.4 is 5.32 Å². The maximum atomic E-state index is 12.4. The number of aryl methyl sites for hydroxylation is 1. The number of ether oxygens (including phenoxy) is 1. The van der Waals surface area contributed by atoms with E-state index in [-0.39, 0.29) is 29.5 Å². The van der Waals surface area contributed by atoms with Crippen LogP contribution in [-0.4, -0.2) is 38.2 Å². The molecule has 0 aliphatic carbocycles. The summed E-state index contributed by atoms with van der Waals surface area (Å²) in [6.45, 7) is 4.87. The third-order valence-electron chi connectivity index (χ3n) is 4.20. The number of nitrogens with one attached hydrogen (secondary N) is 1. The topological polar surface area (TPSA) is 114 Å². The summed E-state index contributed by atoms with van der Waals surface area (Å²) in [6.07, 6.45) is 5.99. The molecule has 0 bridgehead atoms. The van der Waals surface area contributed by atoms with Crippen LogP contribution in [0.25, 0.3) is 0 Å². The van der Waals surface area contributed by atoms with Crippen molar-refractivity contribution in [3.8, 4) is 11.5 Å². The van der Waals surface area contributed by atoms with E-state index in [2.05, 4.69) is 17.2 Å². The molecule has 28 heavy (non-hydrogen) atoms. The summed E-state index contributed by atoms with van der Waals surface area (Å²) in [5.41, 5.74) is 0.180. The number of phenols is 2. The number of esters is 1. The van der Waals surface area contributed by atoms with Crippen molar-refractivity contribution in [3.63, 3.8) is 0 Å². The van der Waals surface area contributed by atoms with E-state index in [1.54, 1.807) is 13.1 Å². The quantitative estimate of drug-likeness (QED) is 0.327. The van der Waals surface area contributed by atoms with E-state index < -0.39 is 5.91 Å². The Morgan fingerprint density at radius 1 is 1.14 bits per heavy atom. The van der Waals surface area contributed by atoms with Gasteiger partial charge in [0.25, 0.3) is 5.91 Å². The first-order valence-corrected chi connectivity index (χ1v) is 9.49.